The molecule has 15 heteroatoms. The molecule has 13 nitrogen and oxygen atoms in total. The van der Waals surface area contributed by atoms with Crippen LogP contribution in [-0.4, -0.2) is 65.0 Å². The van der Waals surface area contributed by atoms with Gasteiger partial charge < -0.3 is 19.9 Å². The molecule has 0 radical (unpaired) electrons. The molecule has 0 aliphatic carbocycles. The molecule has 1 aromatic carbocycles. The Morgan fingerprint density at radius 1 is 1.19 bits per heavy atom. The third kappa shape index (κ3) is 7.41. The standard InChI is InChI=1S/C27H29N7O6S2/c35-12-10-20-21(39-15-18-6-1-2-7-19(18)34(37)38)14-24(40-20)33-17-31-25-26(29-16-30-27(25)33)32-22(36)8-5-13-41-42-23-9-3-4-11-28-23/h1-4,6-7,9,11,16-17,20-21,24,35H,5,8,10,12-15H2,(H,29,30,32,36)/t20?,21-,24-/m1/s1. The van der Waals surface area contributed by atoms with E-state index in [9.17, 15) is 20.0 Å². The van der Waals surface area contributed by atoms with Gasteiger partial charge >= 0.3 is 0 Å². The average molecular weight is 612 g/mol. The van der Waals surface area contributed by atoms with Crippen LogP contribution in [0.1, 0.15) is 37.5 Å². The zero-order chi connectivity index (χ0) is 29.3. The number of imidazole rings is 1. The Labute approximate surface area is 249 Å². The maximum absolute atomic E-state index is 12.6. The lowest BCUT2D eigenvalue weighted by Crippen LogP contribution is -2.25. The molecule has 0 spiro atoms. The molecule has 3 atom stereocenters. The van der Waals surface area contributed by atoms with Crippen molar-refractivity contribution in [2.24, 2.45) is 0 Å². The summed E-state index contributed by atoms with van der Waals surface area (Å²) in [6.45, 7) is -0.0741. The summed E-state index contributed by atoms with van der Waals surface area (Å²) in [6.07, 6.45) is 5.09. The highest BCUT2D eigenvalue weighted by molar-refractivity contribution is 8.76. The average Bonchev–Trinajstić information content (AvgIpc) is 3.61. The van der Waals surface area contributed by atoms with Crippen LogP contribution in [0.25, 0.3) is 11.2 Å². The van der Waals surface area contributed by atoms with Gasteiger partial charge in [0.1, 0.15) is 17.6 Å². The van der Waals surface area contributed by atoms with Crippen LogP contribution in [0.3, 0.4) is 0 Å². The number of benzene rings is 1. The molecule has 42 heavy (non-hydrogen) atoms. The van der Waals surface area contributed by atoms with E-state index < -0.39 is 23.4 Å². The molecular formula is C27H29N7O6S2. The first-order valence-corrected chi connectivity index (χ1v) is 15.6. The number of carbonyl (C=O) groups excluding carboxylic acids is 1. The van der Waals surface area contributed by atoms with Gasteiger partial charge in [-0.2, -0.15) is 0 Å². The molecule has 0 saturated carbocycles. The quantitative estimate of drug-likeness (QED) is 0.0885. The minimum Gasteiger partial charge on any atom is -0.396 e. The number of aromatic nitrogens is 5. The third-order valence-corrected chi connectivity index (χ3v) is 8.93. The van der Waals surface area contributed by atoms with Crippen LogP contribution in [0, 0.1) is 10.1 Å². The highest BCUT2D eigenvalue weighted by atomic mass is 33.1. The predicted octanol–water partition coefficient (Wildman–Crippen LogP) is 4.54. The predicted molar refractivity (Wildman–Crippen MR) is 158 cm³/mol. The lowest BCUT2D eigenvalue weighted by molar-refractivity contribution is -0.386. The first-order valence-electron chi connectivity index (χ1n) is 13.3. The number of fused-ring (bicyclic) bond motifs is 1. The number of ether oxygens (including phenoxy) is 2. The monoisotopic (exact) mass is 611 g/mol. The molecule has 4 heterocycles. The summed E-state index contributed by atoms with van der Waals surface area (Å²) in [5, 5.41) is 24.7. The molecule has 1 aliphatic rings. The van der Waals surface area contributed by atoms with Crippen molar-refractivity contribution in [3.8, 4) is 0 Å². The molecule has 4 aromatic rings. The van der Waals surface area contributed by atoms with E-state index in [1.807, 2.05) is 18.2 Å². The van der Waals surface area contributed by atoms with E-state index in [2.05, 4.69) is 25.3 Å². The van der Waals surface area contributed by atoms with Crippen LogP contribution in [-0.2, 0) is 20.9 Å². The molecule has 1 saturated heterocycles. The summed E-state index contributed by atoms with van der Waals surface area (Å²) in [5.74, 6) is 0.933. The smallest absolute Gasteiger partial charge is 0.274 e. The molecule has 5 rings (SSSR count). The van der Waals surface area contributed by atoms with Crippen molar-refractivity contribution in [1.29, 1.82) is 0 Å². The number of rotatable bonds is 14. The van der Waals surface area contributed by atoms with Crippen LogP contribution >= 0.6 is 21.6 Å². The van der Waals surface area contributed by atoms with Gasteiger partial charge in [0, 0.05) is 37.5 Å². The molecule has 1 amide bonds. The Kier molecular flexibility index (Phi) is 10.3. The van der Waals surface area contributed by atoms with E-state index >= 15 is 0 Å². The second-order valence-electron chi connectivity index (χ2n) is 9.38. The van der Waals surface area contributed by atoms with E-state index in [-0.39, 0.29) is 24.8 Å². The van der Waals surface area contributed by atoms with Crippen LogP contribution in [0.4, 0.5) is 11.5 Å². The third-order valence-electron chi connectivity index (χ3n) is 6.58. The Morgan fingerprint density at radius 2 is 2.05 bits per heavy atom. The molecule has 1 aliphatic heterocycles. The number of nitrogens with one attached hydrogen (secondary N) is 1. The molecule has 0 bridgehead atoms. The Balaban J connectivity index is 1.19. The fraction of sp³-hybridized carbons (Fsp3) is 0.370. The zero-order valence-electron chi connectivity index (χ0n) is 22.4. The molecular weight excluding hydrogens is 582 g/mol. The largest absolute Gasteiger partial charge is 0.396 e. The van der Waals surface area contributed by atoms with Crippen molar-refractivity contribution in [3.05, 3.63) is 77.0 Å². The number of anilines is 1. The number of para-hydroxylation sites is 1. The number of nitro benzene ring substituents is 1. The lowest BCUT2D eigenvalue weighted by atomic mass is 10.1. The molecule has 1 fully saturated rings. The van der Waals surface area contributed by atoms with Crippen LogP contribution in [0.2, 0.25) is 0 Å². The highest BCUT2D eigenvalue weighted by Gasteiger charge is 2.38. The number of hydrogen-bond donors (Lipinski definition) is 2. The van der Waals surface area contributed by atoms with E-state index in [0.29, 0.717) is 48.2 Å². The summed E-state index contributed by atoms with van der Waals surface area (Å²) in [4.78, 5) is 40.9. The van der Waals surface area contributed by atoms with Crippen molar-refractivity contribution in [2.45, 2.75) is 55.8 Å². The Hall–Kier alpha value is -3.63. The molecule has 3 aromatic heterocycles. The Bertz CT molecular complexity index is 1510. The number of hydrogen-bond acceptors (Lipinski definition) is 12. The number of aliphatic hydroxyl groups is 1. The van der Waals surface area contributed by atoms with Gasteiger partial charge in [-0.1, -0.05) is 29.0 Å². The normalized spacial score (nSPS) is 18.4. The van der Waals surface area contributed by atoms with E-state index in [1.54, 1.807) is 56.9 Å². The van der Waals surface area contributed by atoms with Crippen LogP contribution in [0.15, 0.2) is 66.3 Å². The summed E-state index contributed by atoms with van der Waals surface area (Å²) < 4.78 is 14.0. The van der Waals surface area contributed by atoms with Gasteiger partial charge in [-0.05, 0) is 41.8 Å². The van der Waals surface area contributed by atoms with Gasteiger partial charge in [-0.15, -0.1) is 0 Å². The number of nitrogens with zero attached hydrogens (tertiary/aromatic N) is 6. The highest BCUT2D eigenvalue weighted by Crippen LogP contribution is 2.35. The van der Waals surface area contributed by atoms with Crippen molar-refractivity contribution in [3.63, 3.8) is 0 Å². The van der Waals surface area contributed by atoms with Crippen LogP contribution < -0.4 is 5.32 Å². The number of carbonyl (C=O) groups is 1. The number of aliphatic hydroxyl groups excluding tert-OH is 1. The minimum atomic E-state index is -0.505. The van der Waals surface area contributed by atoms with Gasteiger partial charge in [0.25, 0.3) is 5.69 Å². The maximum Gasteiger partial charge on any atom is 0.274 e. The summed E-state index contributed by atoms with van der Waals surface area (Å²) in [6, 6.07) is 12.2. The first kappa shape index (κ1) is 29.8. The number of pyridine rings is 1. The topological polar surface area (TPSA) is 167 Å². The van der Waals surface area contributed by atoms with Gasteiger partial charge in [-0.25, -0.2) is 19.9 Å². The van der Waals surface area contributed by atoms with E-state index in [1.165, 1.54) is 12.4 Å². The number of amides is 1. The van der Waals surface area contributed by atoms with Crippen LogP contribution in [0.5, 0.6) is 0 Å². The van der Waals surface area contributed by atoms with Gasteiger partial charge in [0.15, 0.2) is 17.0 Å². The summed E-state index contributed by atoms with van der Waals surface area (Å²) >= 11 is 0. The fourth-order valence-corrected chi connectivity index (χ4v) is 6.54. The minimum absolute atomic E-state index is 0.0133. The summed E-state index contributed by atoms with van der Waals surface area (Å²) in [5.41, 5.74) is 1.35. The van der Waals surface area contributed by atoms with Crippen molar-refractivity contribution in [1.82, 2.24) is 24.5 Å². The second-order valence-corrected chi connectivity index (χ2v) is 11.8. The van der Waals surface area contributed by atoms with Crippen molar-refractivity contribution >= 4 is 50.2 Å². The SMILES string of the molecule is O=C(CCCSSc1ccccn1)Nc1ncnc2c1ncn2[C@H]1C[C@@H](OCc2ccccc2[N+](=O)[O-])C(CCO)O1. The molecule has 220 valence electrons. The second kappa shape index (κ2) is 14.5. The van der Waals surface area contributed by atoms with Crippen molar-refractivity contribution < 1.29 is 24.3 Å². The maximum atomic E-state index is 12.6. The van der Waals surface area contributed by atoms with E-state index in [0.717, 1.165) is 10.8 Å². The number of nitro groups is 1. The molecule has 2 N–H and O–H groups in total. The molecule has 1 unspecified atom stereocenters. The van der Waals surface area contributed by atoms with E-state index in [4.69, 9.17) is 9.47 Å². The Morgan fingerprint density at radius 3 is 2.86 bits per heavy atom. The van der Waals surface area contributed by atoms with Gasteiger partial charge in [0.05, 0.1) is 35.6 Å². The zero-order valence-corrected chi connectivity index (χ0v) is 24.1. The van der Waals surface area contributed by atoms with Gasteiger partial charge in [-0.3, -0.25) is 19.5 Å². The van der Waals surface area contributed by atoms with Gasteiger partial charge in [0.2, 0.25) is 5.91 Å². The lowest BCUT2D eigenvalue weighted by Gasteiger charge is -2.18. The van der Waals surface area contributed by atoms with Crippen molar-refractivity contribution in [2.75, 3.05) is 17.7 Å². The summed E-state index contributed by atoms with van der Waals surface area (Å²) in [7, 11) is 3.22. The fourth-order valence-electron chi connectivity index (χ4n) is 4.58. The first-order chi connectivity index (χ1) is 20.5.